The average molecular weight is 274 g/mol. The van der Waals surface area contributed by atoms with E-state index < -0.39 is 17.3 Å². The first kappa shape index (κ1) is 16.2. The van der Waals surface area contributed by atoms with E-state index in [0.29, 0.717) is 12.8 Å². The van der Waals surface area contributed by atoms with E-state index in [9.17, 15) is 9.90 Å². The van der Waals surface area contributed by atoms with Crippen LogP contribution in [0.5, 0.6) is 0 Å². The van der Waals surface area contributed by atoms with Crippen LogP contribution in [0.4, 0.5) is 4.79 Å². The van der Waals surface area contributed by atoms with Crippen LogP contribution in [0.3, 0.4) is 0 Å². The SMILES string of the molecule is CC(C)(C)OC(=O)N(CCO)CC1(O)CCNCC1. The van der Waals surface area contributed by atoms with E-state index in [1.54, 1.807) is 20.8 Å². The molecule has 0 saturated carbocycles. The van der Waals surface area contributed by atoms with Crippen molar-refractivity contribution in [2.45, 2.75) is 44.8 Å². The molecule has 1 saturated heterocycles. The first-order valence-corrected chi connectivity index (χ1v) is 6.78. The van der Waals surface area contributed by atoms with Gasteiger partial charge in [-0.3, -0.25) is 0 Å². The third-order valence-corrected chi connectivity index (χ3v) is 3.04. The summed E-state index contributed by atoms with van der Waals surface area (Å²) >= 11 is 0. The second-order valence-electron chi connectivity index (χ2n) is 6.10. The van der Waals surface area contributed by atoms with E-state index in [1.807, 2.05) is 0 Å². The summed E-state index contributed by atoms with van der Waals surface area (Å²) < 4.78 is 5.29. The molecule has 1 aliphatic rings. The number of aliphatic hydroxyl groups excluding tert-OH is 1. The third-order valence-electron chi connectivity index (χ3n) is 3.04. The fourth-order valence-corrected chi connectivity index (χ4v) is 2.09. The molecule has 6 nitrogen and oxygen atoms in total. The summed E-state index contributed by atoms with van der Waals surface area (Å²) in [7, 11) is 0. The summed E-state index contributed by atoms with van der Waals surface area (Å²) in [4.78, 5) is 13.4. The van der Waals surface area contributed by atoms with Crippen molar-refractivity contribution in [3.8, 4) is 0 Å². The van der Waals surface area contributed by atoms with Crippen molar-refractivity contribution in [3.63, 3.8) is 0 Å². The van der Waals surface area contributed by atoms with Crippen LogP contribution in [0.2, 0.25) is 0 Å². The van der Waals surface area contributed by atoms with Crippen LogP contribution in [0.25, 0.3) is 0 Å². The van der Waals surface area contributed by atoms with Crippen molar-refractivity contribution in [2.75, 3.05) is 32.8 Å². The minimum Gasteiger partial charge on any atom is -0.444 e. The monoisotopic (exact) mass is 274 g/mol. The lowest BCUT2D eigenvalue weighted by Gasteiger charge is -2.37. The Balaban J connectivity index is 2.63. The van der Waals surface area contributed by atoms with Crippen molar-refractivity contribution in [1.29, 1.82) is 0 Å². The number of carbonyl (C=O) groups is 1. The highest BCUT2D eigenvalue weighted by molar-refractivity contribution is 5.68. The van der Waals surface area contributed by atoms with E-state index in [-0.39, 0.29) is 19.7 Å². The molecule has 6 heteroatoms. The predicted octanol–water partition coefficient (Wildman–Crippen LogP) is 0.330. The van der Waals surface area contributed by atoms with Gasteiger partial charge in [0, 0.05) is 6.54 Å². The number of rotatable bonds is 4. The molecule has 0 radical (unpaired) electrons. The normalized spacial score (nSPS) is 19.0. The summed E-state index contributed by atoms with van der Waals surface area (Å²) in [6, 6.07) is 0. The zero-order valence-electron chi connectivity index (χ0n) is 12.1. The Labute approximate surface area is 114 Å². The van der Waals surface area contributed by atoms with Gasteiger partial charge in [-0.2, -0.15) is 0 Å². The van der Waals surface area contributed by atoms with Gasteiger partial charge in [-0.1, -0.05) is 0 Å². The number of carbonyl (C=O) groups excluding carboxylic acids is 1. The minimum absolute atomic E-state index is 0.145. The van der Waals surface area contributed by atoms with Gasteiger partial charge in [0.15, 0.2) is 0 Å². The van der Waals surface area contributed by atoms with Crippen molar-refractivity contribution < 1.29 is 19.7 Å². The Morgan fingerprint density at radius 3 is 2.42 bits per heavy atom. The summed E-state index contributed by atoms with van der Waals surface area (Å²) in [5, 5.41) is 22.7. The first-order valence-electron chi connectivity index (χ1n) is 6.78. The Hall–Kier alpha value is -0.850. The maximum Gasteiger partial charge on any atom is 0.410 e. The minimum atomic E-state index is -0.892. The Bertz CT molecular complexity index is 296. The van der Waals surface area contributed by atoms with Gasteiger partial charge in [0.05, 0.1) is 18.8 Å². The first-order chi connectivity index (χ1) is 8.76. The van der Waals surface area contributed by atoms with Crippen LogP contribution < -0.4 is 5.32 Å². The number of aliphatic hydroxyl groups is 2. The van der Waals surface area contributed by atoms with Crippen molar-refractivity contribution in [2.24, 2.45) is 0 Å². The molecule has 0 aromatic rings. The average Bonchev–Trinajstić information content (AvgIpc) is 2.27. The lowest BCUT2D eigenvalue weighted by atomic mass is 9.92. The number of ether oxygens (including phenoxy) is 1. The molecule has 1 fully saturated rings. The molecule has 112 valence electrons. The van der Waals surface area contributed by atoms with Crippen LogP contribution >= 0.6 is 0 Å². The molecule has 3 N–H and O–H groups in total. The van der Waals surface area contributed by atoms with Gasteiger partial charge in [-0.25, -0.2) is 4.79 Å². The summed E-state index contributed by atoms with van der Waals surface area (Å²) in [5.41, 5.74) is -1.47. The molecule has 0 aromatic carbocycles. The van der Waals surface area contributed by atoms with Gasteiger partial charge in [0.25, 0.3) is 0 Å². The smallest absolute Gasteiger partial charge is 0.410 e. The highest BCUT2D eigenvalue weighted by atomic mass is 16.6. The largest absolute Gasteiger partial charge is 0.444 e. The van der Waals surface area contributed by atoms with E-state index in [0.717, 1.165) is 13.1 Å². The molecule has 19 heavy (non-hydrogen) atoms. The zero-order valence-corrected chi connectivity index (χ0v) is 12.1. The molecule has 0 bridgehead atoms. The number of hydrogen-bond acceptors (Lipinski definition) is 5. The van der Waals surface area contributed by atoms with Crippen molar-refractivity contribution >= 4 is 6.09 Å². The second kappa shape index (κ2) is 6.54. The molecule has 0 aromatic heterocycles. The molecular formula is C13H26N2O4. The lowest BCUT2D eigenvalue weighted by Crippen LogP contribution is -2.52. The van der Waals surface area contributed by atoms with Gasteiger partial charge in [0.1, 0.15) is 5.60 Å². The Morgan fingerprint density at radius 1 is 1.37 bits per heavy atom. The summed E-state index contributed by atoms with van der Waals surface area (Å²) in [6.07, 6.45) is 0.698. The van der Waals surface area contributed by atoms with Crippen LogP contribution in [0.15, 0.2) is 0 Å². The second-order valence-corrected chi connectivity index (χ2v) is 6.10. The van der Waals surface area contributed by atoms with Crippen LogP contribution in [-0.4, -0.2) is 65.2 Å². The van der Waals surface area contributed by atoms with Crippen LogP contribution in [-0.2, 0) is 4.74 Å². The number of nitrogens with zero attached hydrogens (tertiary/aromatic N) is 1. The molecule has 1 heterocycles. The molecular weight excluding hydrogens is 248 g/mol. The molecule has 0 atom stereocenters. The molecule has 1 aliphatic heterocycles. The van der Waals surface area contributed by atoms with Gasteiger partial charge in [-0.05, 0) is 46.7 Å². The third kappa shape index (κ3) is 5.76. The molecule has 0 unspecified atom stereocenters. The Kier molecular flexibility index (Phi) is 5.58. The number of piperidine rings is 1. The van der Waals surface area contributed by atoms with E-state index in [1.165, 1.54) is 4.90 Å². The standard InChI is InChI=1S/C13H26N2O4/c1-12(2,3)19-11(17)15(8-9-16)10-13(18)4-6-14-7-5-13/h14,16,18H,4-10H2,1-3H3. The summed E-state index contributed by atoms with van der Waals surface area (Å²) in [5.74, 6) is 0. The molecule has 1 amide bonds. The topological polar surface area (TPSA) is 82.0 Å². The maximum absolute atomic E-state index is 12.0. The predicted molar refractivity (Wildman–Crippen MR) is 71.9 cm³/mol. The lowest BCUT2D eigenvalue weighted by molar-refractivity contribution is -0.0356. The molecule has 0 spiro atoms. The van der Waals surface area contributed by atoms with Gasteiger partial charge >= 0.3 is 6.09 Å². The van der Waals surface area contributed by atoms with Crippen molar-refractivity contribution in [1.82, 2.24) is 10.2 Å². The van der Waals surface area contributed by atoms with Crippen molar-refractivity contribution in [3.05, 3.63) is 0 Å². The number of nitrogens with one attached hydrogen (secondary N) is 1. The highest BCUT2D eigenvalue weighted by Crippen LogP contribution is 2.20. The zero-order chi connectivity index (χ0) is 14.5. The fourth-order valence-electron chi connectivity index (χ4n) is 2.09. The van der Waals surface area contributed by atoms with E-state index in [4.69, 9.17) is 9.84 Å². The molecule has 0 aliphatic carbocycles. The highest BCUT2D eigenvalue weighted by Gasteiger charge is 2.34. The van der Waals surface area contributed by atoms with E-state index >= 15 is 0 Å². The Morgan fingerprint density at radius 2 is 1.95 bits per heavy atom. The van der Waals surface area contributed by atoms with Gasteiger partial charge in [-0.15, -0.1) is 0 Å². The summed E-state index contributed by atoms with van der Waals surface area (Å²) in [6.45, 7) is 7.07. The van der Waals surface area contributed by atoms with Gasteiger partial charge < -0.3 is 25.2 Å². The van der Waals surface area contributed by atoms with E-state index in [2.05, 4.69) is 5.32 Å². The fraction of sp³-hybridized carbons (Fsp3) is 0.923. The number of hydrogen-bond donors (Lipinski definition) is 3. The quantitative estimate of drug-likeness (QED) is 0.688. The van der Waals surface area contributed by atoms with Crippen LogP contribution in [0.1, 0.15) is 33.6 Å². The number of amides is 1. The molecule has 1 rings (SSSR count). The van der Waals surface area contributed by atoms with Crippen LogP contribution in [0, 0.1) is 0 Å². The van der Waals surface area contributed by atoms with Gasteiger partial charge in [0.2, 0.25) is 0 Å². The maximum atomic E-state index is 12.0.